The molecule has 0 radical (unpaired) electrons. The second kappa shape index (κ2) is 8.32. The standard InChI is InChI=1S/C27H21FN4O3/c1-16-7-12-21(17(2)15-16)32-26(34)22(18(3)29-32)23-24(30-13-5-4-6-14-30)27(35)31(25(23)33)20-10-8-19(28)9-11-20/h4-15H,1-3H3. The lowest BCUT2D eigenvalue weighted by Crippen LogP contribution is -2.39. The molecular formula is C27H21FN4O3. The number of carbonyl (C=O) groups is 2. The molecular weight excluding hydrogens is 447 g/mol. The maximum Gasteiger partial charge on any atom is 0.331 e. The number of carbonyl (C=O) groups excluding carboxylic acids is 2. The number of imide groups is 1. The number of hydrogen-bond acceptors (Lipinski definition) is 4. The second-order valence-corrected chi connectivity index (χ2v) is 8.40. The number of amides is 2. The third-order valence-corrected chi connectivity index (χ3v) is 5.97. The fourth-order valence-corrected chi connectivity index (χ4v) is 4.36. The first-order valence-corrected chi connectivity index (χ1v) is 11.0. The summed E-state index contributed by atoms with van der Waals surface area (Å²) in [6, 6.07) is 15.9. The van der Waals surface area contributed by atoms with Gasteiger partial charge in [0.15, 0.2) is 12.4 Å². The van der Waals surface area contributed by atoms with E-state index in [2.05, 4.69) is 5.10 Å². The van der Waals surface area contributed by atoms with Crippen LogP contribution in [0.15, 0.2) is 73.1 Å². The van der Waals surface area contributed by atoms with E-state index in [1.165, 1.54) is 33.5 Å². The van der Waals surface area contributed by atoms with Gasteiger partial charge in [-0.1, -0.05) is 23.8 Å². The van der Waals surface area contributed by atoms with Crippen molar-refractivity contribution >= 4 is 28.8 Å². The van der Waals surface area contributed by atoms with Gasteiger partial charge in [-0.3, -0.25) is 9.59 Å². The highest BCUT2D eigenvalue weighted by Gasteiger charge is 2.47. The van der Waals surface area contributed by atoms with Crippen LogP contribution in [0, 0.1) is 26.6 Å². The van der Waals surface area contributed by atoms with Crippen LogP contribution in [0.1, 0.15) is 22.4 Å². The number of nitrogens with zero attached hydrogens (tertiary/aromatic N) is 4. The molecule has 0 aliphatic carbocycles. The Hall–Kier alpha value is -4.59. The van der Waals surface area contributed by atoms with E-state index < -0.39 is 23.5 Å². The molecule has 0 fully saturated rings. The highest BCUT2D eigenvalue weighted by atomic mass is 19.1. The molecule has 1 aliphatic rings. The number of benzene rings is 2. The first-order chi connectivity index (χ1) is 16.8. The summed E-state index contributed by atoms with van der Waals surface area (Å²) in [6.45, 7) is 5.47. The molecule has 0 atom stereocenters. The van der Waals surface area contributed by atoms with Gasteiger partial charge in [0, 0.05) is 17.7 Å². The van der Waals surface area contributed by atoms with Crippen molar-refractivity contribution in [1.82, 2.24) is 9.78 Å². The molecule has 4 aromatic rings. The Bertz CT molecular complexity index is 1520. The van der Waals surface area contributed by atoms with E-state index in [1.54, 1.807) is 43.6 Å². The van der Waals surface area contributed by atoms with Crippen LogP contribution in [0.3, 0.4) is 0 Å². The summed E-state index contributed by atoms with van der Waals surface area (Å²) in [6.07, 6.45) is 3.26. The smallest absolute Gasteiger partial charge is 0.331 e. The minimum absolute atomic E-state index is 0.0281. The predicted octanol–water partition coefficient (Wildman–Crippen LogP) is 3.24. The second-order valence-electron chi connectivity index (χ2n) is 8.40. The average molecular weight is 468 g/mol. The van der Waals surface area contributed by atoms with Crippen LogP contribution in [-0.2, 0) is 9.59 Å². The fourth-order valence-electron chi connectivity index (χ4n) is 4.36. The SMILES string of the molecule is Cc1ccc(-n2nc(C)c(C3=C([n+]4ccccc4)C(=O)N(c4ccc(F)cc4)C3=O)c2[O-])c(C)c1. The molecule has 2 amide bonds. The van der Waals surface area contributed by atoms with E-state index >= 15 is 0 Å². The molecule has 5 rings (SSSR count). The van der Waals surface area contributed by atoms with Crippen molar-refractivity contribution in [2.24, 2.45) is 0 Å². The number of anilines is 1. The average Bonchev–Trinajstić information content (AvgIpc) is 3.26. The number of aryl methyl sites for hydroxylation is 3. The van der Waals surface area contributed by atoms with Crippen molar-refractivity contribution in [1.29, 1.82) is 0 Å². The summed E-state index contributed by atoms with van der Waals surface area (Å²) in [5.41, 5.74) is 3.05. The normalized spacial score (nSPS) is 13.8. The zero-order valence-electron chi connectivity index (χ0n) is 19.3. The van der Waals surface area contributed by atoms with Crippen molar-refractivity contribution in [3.05, 3.63) is 101 Å². The van der Waals surface area contributed by atoms with Gasteiger partial charge in [-0.25, -0.2) is 14.0 Å². The highest BCUT2D eigenvalue weighted by molar-refractivity contribution is 6.53. The Morgan fingerprint density at radius 1 is 0.914 bits per heavy atom. The largest absolute Gasteiger partial charge is 0.858 e. The summed E-state index contributed by atoms with van der Waals surface area (Å²) >= 11 is 0. The van der Waals surface area contributed by atoms with E-state index in [4.69, 9.17) is 0 Å². The monoisotopic (exact) mass is 468 g/mol. The van der Waals surface area contributed by atoms with Crippen molar-refractivity contribution in [3.8, 4) is 11.6 Å². The van der Waals surface area contributed by atoms with Crippen LogP contribution in [0.2, 0.25) is 0 Å². The Morgan fingerprint density at radius 3 is 2.26 bits per heavy atom. The van der Waals surface area contributed by atoms with E-state index in [9.17, 15) is 19.1 Å². The maximum absolute atomic E-state index is 13.7. The molecule has 2 aromatic carbocycles. The zero-order chi connectivity index (χ0) is 24.9. The quantitative estimate of drug-likeness (QED) is 0.340. The van der Waals surface area contributed by atoms with Crippen LogP contribution in [-0.4, -0.2) is 21.6 Å². The summed E-state index contributed by atoms with van der Waals surface area (Å²) in [7, 11) is 0. The number of aromatic nitrogens is 3. The molecule has 0 N–H and O–H groups in total. The van der Waals surface area contributed by atoms with E-state index in [0.717, 1.165) is 16.0 Å². The van der Waals surface area contributed by atoms with Gasteiger partial charge in [0.05, 0.1) is 17.1 Å². The summed E-state index contributed by atoms with van der Waals surface area (Å²) in [5.74, 6) is -2.29. The molecule has 0 spiro atoms. The summed E-state index contributed by atoms with van der Waals surface area (Å²) in [4.78, 5) is 28.2. The number of pyridine rings is 1. The van der Waals surface area contributed by atoms with Gasteiger partial charge in [-0.2, -0.15) is 9.67 Å². The van der Waals surface area contributed by atoms with Gasteiger partial charge in [-0.15, -0.1) is 0 Å². The Kier molecular flexibility index (Phi) is 5.28. The minimum atomic E-state index is -0.673. The molecule has 7 nitrogen and oxygen atoms in total. The van der Waals surface area contributed by atoms with Crippen LogP contribution < -0.4 is 14.6 Å². The molecule has 35 heavy (non-hydrogen) atoms. The van der Waals surface area contributed by atoms with Gasteiger partial charge < -0.3 is 5.11 Å². The molecule has 3 heterocycles. The van der Waals surface area contributed by atoms with E-state index in [1.807, 2.05) is 26.0 Å². The molecule has 0 unspecified atom stereocenters. The lowest BCUT2D eigenvalue weighted by atomic mass is 10.0. The van der Waals surface area contributed by atoms with Crippen LogP contribution in [0.5, 0.6) is 5.88 Å². The molecule has 0 saturated heterocycles. The lowest BCUT2D eigenvalue weighted by molar-refractivity contribution is -0.576. The topological polar surface area (TPSA) is 82.1 Å². The number of rotatable bonds is 4. The van der Waals surface area contributed by atoms with E-state index in [0.29, 0.717) is 11.4 Å². The Labute approximate surface area is 201 Å². The number of halogens is 1. The first kappa shape index (κ1) is 22.2. The van der Waals surface area contributed by atoms with Crippen molar-refractivity contribution in [3.63, 3.8) is 0 Å². The van der Waals surface area contributed by atoms with Crippen LogP contribution >= 0.6 is 0 Å². The third kappa shape index (κ3) is 3.59. The van der Waals surface area contributed by atoms with Gasteiger partial charge in [0.25, 0.3) is 11.6 Å². The Balaban J connectivity index is 1.74. The summed E-state index contributed by atoms with van der Waals surface area (Å²) in [5, 5.41) is 18.1. The van der Waals surface area contributed by atoms with Crippen LogP contribution in [0.4, 0.5) is 10.1 Å². The third-order valence-electron chi connectivity index (χ3n) is 5.97. The van der Waals surface area contributed by atoms with Gasteiger partial charge >= 0.3 is 5.91 Å². The van der Waals surface area contributed by atoms with Crippen molar-refractivity contribution in [2.45, 2.75) is 20.8 Å². The lowest BCUT2D eigenvalue weighted by Gasteiger charge is -2.16. The predicted molar refractivity (Wildman–Crippen MR) is 126 cm³/mol. The molecule has 0 bridgehead atoms. The summed E-state index contributed by atoms with van der Waals surface area (Å²) < 4.78 is 16.3. The van der Waals surface area contributed by atoms with Gasteiger partial charge in [0.1, 0.15) is 11.4 Å². The molecule has 1 aliphatic heterocycles. The number of hydrogen-bond donors (Lipinski definition) is 0. The Morgan fingerprint density at radius 2 is 1.60 bits per heavy atom. The van der Waals surface area contributed by atoms with Gasteiger partial charge in [0.2, 0.25) is 0 Å². The van der Waals surface area contributed by atoms with Crippen molar-refractivity contribution in [2.75, 3.05) is 4.90 Å². The molecule has 8 heteroatoms. The van der Waals surface area contributed by atoms with Crippen LogP contribution in [0.25, 0.3) is 17.0 Å². The first-order valence-electron chi connectivity index (χ1n) is 11.0. The zero-order valence-corrected chi connectivity index (χ0v) is 19.3. The van der Waals surface area contributed by atoms with E-state index in [-0.39, 0.29) is 22.5 Å². The van der Waals surface area contributed by atoms with Gasteiger partial charge in [-0.05, 0) is 62.5 Å². The fraction of sp³-hybridized carbons (Fsp3) is 0.111. The molecule has 2 aromatic heterocycles. The highest BCUT2D eigenvalue weighted by Crippen LogP contribution is 2.38. The minimum Gasteiger partial charge on any atom is -0.858 e. The van der Waals surface area contributed by atoms with Crippen molar-refractivity contribution < 1.29 is 23.7 Å². The maximum atomic E-state index is 13.7. The molecule has 0 saturated carbocycles. The molecule has 174 valence electrons.